The van der Waals surface area contributed by atoms with Crippen LogP contribution in [-0.2, 0) is 6.42 Å². The van der Waals surface area contributed by atoms with Crippen LogP contribution in [0.15, 0.2) is 107 Å². The third kappa shape index (κ3) is 3.20. The van der Waals surface area contributed by atoms with E-state index in [4.69, 9.17) is 0 Å². The van der Waals surface area contributed by atoms with Crippen LogP contribution < -0.4 is 5.43 Å². The summed E-state index contributed by atoms with van der Waals surface area (Å²) in [6, 6.07) is 32.6. The van der Waals surface area contributed by atoms with Gasteiger partial charge in [-0.2, -0.15) is 0 Å². The Hall–Kier alpha value is -3.43. The second-order valence-corrected chi connectivity index (χ2v) is 7.93. The molecule has 0 aliphatic rings. The zero-order chi connectivity index (χ0) is 19.6. The van der Waals surface area contributed by atoms with Crippen LogP contribution >= 0.6 is 11.3 Å². The summed E-state index contributed by atoms with van der Waals surface area (Å²) in [6.45, 7) is 0. The molecule has 3 heteroatoms. The molecule has 0 N–H and O–H groups in total. The first-order chi connectivity index (χ1) is 14.3. The van der Waals surface area contributed by atoms with E-state index in [-0.39, 0.29) is 5.43 Å². The van der Waals surface area contributed by atoms with E-state index in [9.17, 15) is 4.79 Å². The van der Waals surface area contributed by atoms with Crippen molar-refractivity contribution in [2.75, 3.05) is 0 Å². The predicted octanol–water partition coefficient (Wildman–Crippen LogP) is 6.31. The van der Waals surface area contributed by atoms with Gasteiger partial charge in [-0.05, 0) is 41.3 Å². The standard InChI is InChI=1S/C26H19NOS/c28-26-21-14-7-8-15-23(21)27(20-12-5-2-6-13-20)25(24-16-9-17-29-24)22(26)18-19-10-3-1-4-11-19/h1-17H,18H2. The van der Waals surface area contributed by atoms with Gasteiger partial charge >= 0.3 is 0 Å². The van der Waals surface area contributed by atoms with Crippen molar-refractivity contribution in [2.24, 2.45) is 0 Å². The lowest BCUT2D eigenvalue weighted by atomic mass is 9.98. The van der Waals surface area contributed by atoms with Crippen LogP contribution in [0.2, 0.25) is 0 Å². The maximum Gasteiger partial charge on any atom is 0.193 e. The number of hydrogen-bond acceptors (Lipinski definition) is 2. The van der Waals surface area contributed by atoms with E-state index in [0.29, 0.717) is 6.42 Å². The molecule has 0 aliphatic carbocycles. The molecule has 2 heterocycles. The second-order valence-electron chi connectivity index (χ2n) is 6.98. The molecule has 0 saturated carbocycles. The van der Waals surface area contributed by atoms with Gasteiger partial charge in [0.2, 0.25) is 0 Å². The van der Waals surface area contributed by atoms with E-state index < -0.39 is 0 Å². The number of nitrogens with zero attached hydrogens (tertiary/aromatic N) is 1. The zero-order valence-electron chi connectivity index (χ0n) is 15.8. The Morgan fingerprint density at radius 1 is 0.724 bits per heavy atom. The molecule has 0 bridgehead atoms. The molecule has 0 saturated heterocycles. The molecule has 0 spiro atoms. The minimum absolute atomic E-state index is 0.111. The monoisotopic (exact) mass is 393 g/mol. The van der Waals surface area contributed by atoms with Gasteiger partial charge in [-0.3, -0.25) is 4.79 Å². The number of aromatic nitrogens is 1. The number of fused-ring (bicyclic) bond motifs is 1. The average molecular weight is 394 g/mol. The van der Waals surface area contributed by atoms with Crippen molar-refractivity contribution in [2.45, 2.75) is 6.42 Å². The van der Waals surface area contributed by atoms with Crippen LogP contribution in [0.3, 0.4) is 0 Å². The summed E-state index contributed by atoms with van der Waals surface area (Å²) in [6.07, 6.45) is 0.602. The molecule has 0 radical (unpaired) electrons. The Balaban J connectivity index is 1.92. The Labute approximate surface area is 173 Å². The normalized spacial score (nSPS) is 11.0. The minimum atomic E-state index is 0.111. The highest BCUT2D eigenvalue weighted by molar-refractivity contribution is 7.13. The largest absolute Gasteiger partial charge is 0.308 e. The number of pyridine rings is 1. The lowest BCUT2D eigenvalue weighted by Gasteiger charge is -2.20. The number of para-hydroxylation sites is 2. The summed E-state index contributed by atoms with van der Waals surface area (Å²) >= 11 is 1.67. The first-order valence-electron chi connectivity index (χ1n) is 9.63. The first kappa shape index (κ1) is 17.7. The highest BCUT2D eigenvalue weighted by Gasteiger charge is 2.20. The summed E-state index contributed by atoms with van der Waals surface area (Å²) < 4.78 is 2.24. The van der Waals surface area contributed by atoms with Crippen molar-refractivity contribution in [3.63, 3.8) is 0 Å². The lowest BCUT2D eigenvalue weighted by Crippen LogP contribution is -2.18. The third-order valence-electron chi connectivity index (χ3n) is 5.17. The highest BCUT2D eigenvalue weighted by atomic mass is 32.1. The molecule has 140 valence electrons. The zero-order valence-corrected chi connectivity index (χ0v) is 16.6. The molecule has 5 aromatic rings. The van der Waals surface area contributed by atoms with Gasteiger partial charge in [0.05, 0.1) is 16.1 Å². The van der Waals surface area contributed by atoms with Crippen molar-refractivity contribution < 1.29 is 0 Å². The van der Waals surface area contributed by atoms with Crippen LogP contribution in [0.4, 0.5) is 0 Å². The molecule has 29 heavy (non-hydrogen) atoms. The number of rotatable bonds is 4. The molecular formula is C26H19NOS. The minimum Gasteiger partial charge on any atom is -0.308 e. The molecule has 0 amide bonds. The van der Waals surface area contributed by atoms with Crippen molar-refractivity contribution in [3.8, 4) is 16.3 Å². The fraction of sp³-hybridized carbons (Fsp3) is 0.0385. The molecule has 0 unspecified atom stereocenters. The van der Waals surface area contributed by atoms with Gasteiger partial charge in [0, 0.05) is 23.1 Å². The third-order valence-corrected chi connectivity index (χ3v) is 6.04. The van der Waals surface area contributed by atoms with Crippen LogP contribution in [0, 0.1) is 0 Å². The Kier molecular flexibility index (Phi) is 4.59. The summed E-state index contributed by atoms with van der Waals surface area (Å²) in [7, 11) is 0. The highest BCUT2D eigenvalue weighted by Crippen LogP contribution is 2.33. The van der Waals surface area contributed by atoms with Crippen molar-refractivity contribution in [1.29, 1.82) is 0 Å². The van der Waals surface area contributed by atoms with Gasteiger partial charge < -0.3 is 4.57 Å². The van der Waals surface area contributed by atoms with Crippen molar-refractivity contribution in [1.82, 2.24) is 4.57 Å². The number of hydrogen-bond donors (Lipinski definition) is 0. The number of thiophene rings is 1. The summed E-state index contributed by atoms with van der Waals surface area (Å²) in [4.78, 5) is 14.7. The summed E-state index contributed by atoms with van der Waals surface area (Å²) in [5.74, 6) is 0. The van der Waals surface area contributed by atoms with Crippen LogP contribution in [0.1, 0.15) is 11.1 Å². The smallest absolute Gasteiger partial charge is 0.193 e. The van der Waals surface area contributed by atoms with E-state index in [1.54, 1.807) is 11.3 Å². The van der Waals surface area contributed by atoms with E-state index >= 15 is 0 Å². The number of benzene rings is 3. The second kappa shape index (κ2) is 7.53. The van der Waals surface area contributed by atoms with Gasteiger partial charge in [-0.1, -0.05) is 66.7 Å². The molecule has 3 aromatic carbocycles. The van der Waals surface area contributed by atoms with Crippen molar-refractivity contribution >= 4 is 22.2 Å². The van der Waals surface area contributed by atoms with Crippen LogP contribution in [0.25, 0.3) is 27.2 Å². The Morgan fingerprint density at radius 2 is 1.41 bits per heavy atom. The van der Waals surface area contributed by atoms with E-state index in [0.717, 1.165) is 38.3 Å². The fourth-order valence-corrected chi connectivity index (χ4v) is 4.65. The van der Waals surface area contributed by atoms with Gasteiger partial charge in [-0.15, -0.1) is 11.3 Å². The Bertz CT molecular complexity index is 1320. The van der Waals surface area contributed by atoms with Gasteiger partial charge in [0.25, 0.3) is 0 Å². The quantitative estimate of drug-likeness (QED) is 0.351. The van der Waals surface area contributed by atoms with Gasteiger partial charge in [-0.25, -0.2) is 0 Å². The van der Waals surface area contributed by atoms with E-state index in [1.165, 1.54) is 0 Å². The Morgan fingerprint density at radius 3 is 2.14 bits per heavy atom. The fourth-order valence-electron chi connectivity index (χ4n) is 3.87. The molecule has 0 atom stereocenters. The average Bonchev–Trinajstić information content (AvgIpc) is 3.31. The van der Waals surface area contributed by atoms with Crippen LogP contribution in [-0.4, -0.2) is 4.57 Å². The SMILES string of the molecule is O=c1c(Cc2ccccc2)c(-c2cccs2)n(-c2ccccc2)c2ccccc12. The summed E-state index contributed by atoms with van der Waals surface area (Å²) in [5, 5.41) is 2.82. The van der Waals surface area contributed by atoms with E-state index in [2.05, 4.69) is 40.3 Å². The lowest BCUT2D eigenvalue weighted by molar-refractivity contribution is 1.06. The molecule has 0 fully saturated rings. The van der Waals surface area contributed by atoms with Gasteiger partial charge in [0.1, 0.15) is 0 Å². The maximum absolute atomic E-state index is 13.6. The first-order valence-corrected chi connectivity index (χ1v) is 10.5. The predicted molar refractivity (Wildman–Crippen MR) is 122 cm³/mol. The van der Waals surface area contributed by atoms with Crippen LogP contribution in [0.5, 0.6) is 0 Å². The summed E-state index contributed by atoms with van der Waals surface area (Å²) in [5.41, 5.74) is 5.06. The maximum atomic E-state index is 13.6. The van der Waals surface area contributed by atoms with Crippen molar-refractivity contribution in [3.05, 3.63) is 124 Å². The molecule has 0 aliphatic heterocycles. The molecule has 2 aromatic heterocycles. The molecule has 5 rings (SSSR count). The molecular weight excluding hydrogens is 374 g/mol. The van der Waals surface area contributed by atoms with E-state index in [1.807, 2.05) is 66.7 Å². The molecule has 2 nitrogen and oxygen atoms in total. The topological polar surface area (TPSA) is 22.0 Å². The van der Waals surface area contributed by atoms with Gasteiger partial charge in [0.15, 0.2) is 5.43 Å².